The summed E-state index contributed by atoms with van der Waals surface area (Å²) in [6, 6.07) is 3.14. The van der Waals surface area contributed by atoms with E-state index in [-0.39, 0.29) is 6.42 Å². The predicted molar refractivity (Wildman–Crippen MR) is 75.6 cm³/mol. The lowest BCUT2D eigenvalue weighted by Gasteiger charge is -2.30. The van der Waals surface area contributed by atoms with Crippen molar-refractivity contribution in [2.24, 2.45) is 5.73 Å². The molecule has 106 valence electrons. The van der Waals surface area contributed by atoms with Crippen LogP contribution in [0.3, 0.4) is 0 Å². The number of aliphatic carboxylic acids is 1. The number of hydrogen-bond donors (Lipinski definition) is 2. The van der Waals surface area contributed by atoms with E-state index in [2.05, 4.69) is 0 Å². The van der Waals surface area contributed by atoms with Crippen molar-refractivity contribution in [3.63, 3.8) is 0 Å². The molecule has 0 amide bonds. The van der Waals surface area contributed by atoms with Crippen LogP contribution in [0.1, 0.15) is 37.0 Å². The minimum atomic E-state index is -1.01. The maximum absolute atomic E-state index is 10.8. The van der Waals surface area contributed by atoms with Gasteiger partial charge in [-0.25, -0.2) is 0 Å². The third-order valence-corrected chi connectivity index (χ3v) is 3.28. The van der Waals surface area contributed by atoms with Crippen LogP contribution in [-0.2, 0) is 4.79 Å². The second-order valence-electron chi connectivity index (χ2n) is 5.66. The molecule has 1 unspecified atom stereocenters. The van der Waals surface area contributed by atoms with E-state index in [1.165, 1.54) is 0 Å². The summed E-state index contributed by atoms with van der Waals surface area (Å²) in [4.78, 5) is 10.8. The largest absolute Gasteiger partial charge is 0.487 e. The van der Waals surface area contributed by atoms with Crippen LogP contribution in [0.4, 0.5) is 0 Å². The maximum atomic E-state index is 10.8. The highest BCUT2D eigenvalue weighted by Crippen LogP contribution is 2.30. The standard InChI is InChI=1S/C15H23NO3/c1-9-6-7-10(2)13(11(9)3)19-15(4,5)8-12(16)14(17)18/h6-7,12H,8,16H2,1-5H3,(H,17,18). The molecule has 1 atom stereocenters. The Morgan fingerprint density at radius 3 is 2.37 bits per heavy atom. The summed E-state index contributed by atoms with van der Waals surface area (Å²) in [6.07, 6.45) is 0.259. The molecule has 19 heavy (non-hydrogen) atoms. The molecule has 0 saturated heterocycles. The van der Waals surface area contributed by atoms with Gasteiger partial charge in [0.05, 0.1) is 0 Å². The van der Waals surface area contributed by atoms with Crippen molar-refractivity contribution < 1.29 is 14.6 Å². The Morgan fingerprint density at radius 1 is 1.32 bits per heavy atom. The SMILES string of the molecule is Cc1ccc(C)c(OC(C)(C)CC(N)C(=O)O)c1C. The van der Waals surface area contributed by atoms with Crippen LogP contribution < -0.4 is 10.5 Å². The quantitative estimate of drug-likeness (QED) is 0.858. The summed E-state index contributed by atoms with van der Waals surface area (Å²) in [6.45, 7) is 9.73. The maximum Gasteiger partial charge on any atom is 0.320 e. The van der Waals surface area contributed by atoms with Crippen LogP contribution >= 0.6 is 0 Å². The molecule has 0 bridgehead atoms. The Bertz CT molecular complexity index is 481. The molecule has 1 aromatic carbocycles. The zero-order valence-electron chi connectivity index (χ0n) is 12.3. The molecule has 0 heterocycles. The Morgan fingerprint density at radius 2 is 1.84 bits per heavy atom. The van der Waals surface area contributed by atoms with E-state index in [1.807, 2.05) is 46.8 Å². The second kappa shape index (κ2) is 5.61. The second-order valence-corrected chi connectivity index (χ2v) is 5.66. The lowest BCUT2D eigenvalue weighted by molar-refractivity contribution is -0.139. The molecule has 0 aliphatic rings. The van der Waals surface area contributed by atoms with Gasteiger partial charge < -0.3 is 15.6 Å². The van der Waals surface area contributed by atoms with Crippen molar-refractivity contribution in [2.45, 2.75) is 52.7 Å². The van der Waals surface area contributed by atoms with Crippen LogP contribution in [0.2, 0.25) is 0 Å². The molecule has 1 aromatic rings. The summed E-state index contributed by atoms with van der Waals surface area (Å²) >= 11 is 0. The van der Waals surface area contributed by atoms with Crippen LogP contribution in [0.5, 0.6) is 5.75 Å². The molecule has 0 aliphatic heterocycles. The molecular weight excluding hydrogens is 242 g/mol. The molecule has 0 spiro atoms. The van der Waals surface area contributed by atoms with E-state index < -0.39 is 17.6 Å². The molecule has 4 nitrogen and oxygen atoms in total. The van der Waals surface area contributed by atoms with Gasteiger partial charge in [-0.05, 0) is 51.3 Å². The molecule has 3 N–H and O–H groups in total. The number of ether oxygens (including phenoxy) is 1. The van der Waals surface area contributed by atoms with Crippen LogP contribution in [-0.4, -0.2) is 22.7 Å². The van der Waals surface area contributed by atoms with Gasteiger partial charge in [-0.15, -0.1) is 0 Å². The highest BCUT2D eigenvalue weighted by atomic mass is 16.5. The lowest BCUT2D eigenvalue weighted by Crippen LogP contribution is -2.41. The highest BCUT2D eigenvalue weighted by Gasteiger charge is 2.28. The predicted octanol–water partition coefficient (Wildman–Crippen LogP) is 2.57. The van der Waals surface area contributed by atoms with Crippen molar-refractivity contribution in [1.82, 2.24) is 0 Å². The number of carbonyl (C=O) groups is 1. The summed E-state index contributed by atoms with van der Waals surface area (Å²) in [5.41, 5.74) is 8.23. The highest BCUT2D eigenvalue weighted by molar-refractivity contribution is 5.73. The first kappa shape index (κ1) is 15.5. The molecule has 0 aliphatic carbocycles. The first-order valence-corrected chi connectivity index (χ1v) is 6.38. The summed E-state index contributed by atoms with van der Waals surface area (Å²) in [7, 11) is 0. The monoisotopic (exact) mass is 265 g/mol. The molecular formula is C15H23NO3. The van der Waals surface area contributed by atoms with Gasteiger partial charge in [0.1, 0.15) is 17.4 Å². The van der Waals surface area contributed by atoms with E-state index in [9.17, 15) is 4.79 Å². The zero-order chi connectivity index (χ0) is 14.8. The number of aryl methyl sites for hydroxylation is 2. The van der Waals surface area contributed by atoms with E-state index in [4.69, 9.17) is 15.6 Å². The lowest BCUT2D eigenvalue weighted by atomic mass is 9.98. The molecule has 1 rings (SSSR count). The normalized spacial score (nSPS) is 13.2. The Kier molecular flexibility index (Phi) is 4.58. The number of carboxylic acids is 1. The van der Waals surface area contributed by atoms with E-state index in [1.54, 1.807) is 0 Å². The number of rotatable bonds is 5. The van der Waals surface area contributed by atoms with Crippen LogP contribution in [0.25, 0.3) is 0 Å². The van der Waals surface area contributed by atoms with Crippen LogP contribution in [0.15, 0.2) is 12.1 Å². The smallest absolute Gasteiger partial charge is 0.320 e. The minimum Gasteiger partial charge on any atom is -0.487 e. The first-order valence-electron chi connectivity index (χ1n) is 6.38. The number of carboxylic acid groups (broad SMARTS) is 1. The fourth-order valence-corrected chi connectivity index (χ4v) is 2.02. The van der Waals surface area contributed by atoms with E-state index in [0.29, 0.717) is 0 Å². The van der Waals surface area contributed by atoms with Crippen molar-refractivity contribution in [3.8, 4) is 5.75 Å². The molecule has 0 radical (unpaired) electrons. The van der Waals surface area contributed by atoms with E-state index >= 15 is 0 Å². The van der Waals surface area contributed by atoms with Crippen molar-refractivity contribution in [3.05, 3.63) is 28.8 Å². The van der Waals surface area contributed by atoms with Gasteiger partial charge in [0, 0.05) is 6.42 Å². The van der Waals surface area contributed by atoms with Gasteiger partial charge in [-0.2, -0.15) is 0 Å². The number of benzene rings is 1. The number of nitrogens with two attached hydrogens (primary N) is 1. The van der Waals surface area contributed by atoms with Crippen LogP contribution in [0, 0.1) is 20.8 Å². The Balaban J connectivity index is 2.95. The average molecular weight is 265 g/mol. The van der Waals surface area contributed by atoms with Gasteiger partial charge in [0.25, 0.3) is 0 Å². The van der Waals surface area contributed by atoms with Gasteiger partial charge in [0.15, 0.2) is 0 Å². The molecule has 0 fully saturated rings. The molecule has 0 aromatic heterocycles. The van der Waals surface area contributed by atoms with Gasteiger partial charge >= 0.3 is 5.97 Å². The zero-order valence-corrected chi connectivity index (χ0v) is 12.3. The topological polar surface area (TPSA) is 72.5 Å². The van der Waals surface area contributed by atoms with Crippen molar-refractivity contribution in [1.29, 1.82) is 0 Å². The summed E-state index contributed by atoms with van der Waals surface area (Å²) in [5.74, 6) is -0.183. The van der Waals surface area contributed by atoms with E-state index in [0.717, 1.165) is 22.4 Å². The fraction of sp³-hybridized carbons (Fsp3) is 0.533. The van der Waals surface area contributed by atoms with Gasteiger partial charge in [0.2, 0.25) is 0 Å². The first-order chi connectivity index (χ1) is 8.64. The van der Waals surface area contributed by atoms with Gasteiger partial charge in [-0.3, -0.25) is 4.79 Å². The third-order valence-electron chi connectivity index (χ3n) is 3.28. The summed E-state index contributed by atoms with van der Waals surface area (Å²) < 4.78 is 6.02. The third kappa shape index (κ3) is 3.96. The van der Waals surface area contributed by atoms with Gasteiger partial charge in [-0.1, -0.05) is 12.1 Å². The minimum absolute atomic E-state index is 0.259. The average Bonchev–Trinajstić information content (AvgIpc) is 2.29. The van der Waals surface area contributed by atoms with Crippen molar-refractivity contribution >= 4 is 5.97 Å². The Hall–Kier alpha value is -1.55. The van der Waals surface area contributed by atoms with Crippen molar-refractivity contribution in [2.75, 3.05) is 0 Å². The number of hydrogen-bond acceptors (Lipinski definition) is 3. The fourth-order valence-electron chi connectivity index (χ4n) is 2.02. The molecule has 4 heteroatoms. The molecule has 0 saturated carbocycles. The summed E-state index contributed by atoms with van der Waals surface area (Å²) in [5, 5.41) is 8.88. The Labute approximate surface area is 114 Å².